The van der Waals surface area contributed by atoms with E-state index in [4.69, 9.17) is 19.9 Å². The third-order valence-electron chi connectivity index (χ3n) is 9.32. The van der Waals surface area contributed by atoms with Crippen LogP contribution in [0.2, 0.25) is 0 Å². The first-order valence-corrected chi connectivity index (χ1v) is 17.4. The Balaban J connectivity index is 1.10. The summed E-state index contributed by atoms with van der Waals surface area (Å²) in [5, 5.41) is 5.01. The highest BCUT2D eigenvalue weighted by Crippen LogP contribution is 2.39. The second kappa shape index (κ2) is 11.6. The number of nitrogens with zero attached hydrogens (tertiary/aromatic N) is 5. The van der Waals surface area contributed by atoms with Gasteiger partial charge in [0.2, 0.25) is 0 Å². The highest BCUT2D eigenvalue weighted by Gasteiger charge is 2.17. The number of aromatic nitrogens is 5. The van der Waals surface area contributed by atoms with Crippen LogP contribution in [0.3, 0.4) is 0 Å². The van der Waals surface area contributed by atoms with Crippen LogP contribution >= 0.6 is 11.3 Å². The zero-order valence-corrected chi connectivity index (χ0v) is 27.5. The molecule has 0 spiro atoms. The van der Waals surface area contributed by atoms with Crippen LogP contribution in [-0.4, -0.2) is 24.5 Å². The fourth-order valence-electron chi connectivity index (χ4n) is 6.91. The molecule has 0 saturated carbocycles. The SMILES string of the molecule is c1ccc(-c2nc(-c3ccccc3)nc(-c3ccc(-n4c5ccccc5c5ccc(-c6ccc7sc8ccccc8c7c6)cc54)cn3)n2)cc1. The van der Waals surface area contributed by atoms with Crippen molar-refractivity contribution in [3.05, 3.63) is 164 Å². The average molecular weight is 658 g/mol. The van der Waals surface area contributed by atoms with Crippen molar-refractivity contribution in [2.45, 2.75) is 0 Å². The van der Waals surface area contributed by atoms with Gasteiger partial charge in [-0.3, -0.25) is 4.98 Å². The Hall–Kier alpha value is -6.50. The number of hydrogen-bond acceptors (Lipinski definition) is 5. The molecule has 0 N–H and O–H groups in total. The standard InChI is InChI=1S/C44H27N5S/c1-3-11-28(12-4-1)42-46-43(29-13-5-2-6-14-29)48-44(47-42)37-23-21-32(27-45-37)49-38-17-9-7-15-33(38)34-22-19-31(26-39(34)49)30-20-24-41-36(25-30)35-16-8-10-18-40(35)50-41/h1-27H. The predicted molar refractivity (Wildman–Crippen MR) is 207 cm³/mol. The van der Waals surface area contributed by atoms with Gasteiger partial charge in [-0.05, 0) is 53.6 Å². The van der Waals surface area contributed by atoms with Gasteiger partial charge in [-0.25, -0.2) is 15.0 Å². The summed E-state index contributed by atoms with van der Waals surface area (Å²) in [6, 6.07) is 55.0. The first-order chi connectivity index (χ1) is 24.8. The molecule has 0 aliphatic heterocycles. The molecule has 0 saturated heterocycles. The maximum atomic E-state index is 4.95. The third kappa shape index (κ3) is 4.77. The zero-order valence-electron chi connectivity index (χ0n) is 26.7. The number of thiophene rings is 1. The maximum Gasteiger partial charge on any atom is 0.182 e. The summed E-state index contributed by atoms with van der Waals surface area (Å²) in [4.78, 5) is 19.6. The highest BCUT2D eigenvalue weighted by molar-refractivity contribution is 7.25. The van der Waals surface area contributed by atoms with Crippen molar-refractivity contribution in [1.82, 2.24) is 24.5 Å². The lowest BCUT2D eigenvalue weighted by Gasteiger charge is -2.11. The molecule has 0 aliphatic rings. The highest BCUT2D eigenvalue weighted by atomic mass is 32.1. The van der Waals surface area contributed by atoms with Crippen LogP contribution in [0, 0.1) is 0 Å². The molecular formula is C44H27N5S. The number of para-hydroxylation sites is 1. The van der Waals surface area contributed by atoms with E-state index >= 15 is 0 Å². The van der Waals surface area contributed by atoms with Crippen molar-refractivity contribution in [2.75, 3.05) is 0 Å². The Morgan fingerprint density at radius 2 is 1.00 bits per heavy atom. The molecule has 0 fully saturated rings. The van der Waals surface area contributed by atoms with Crippen molar-refractivity contribution in [2.24, 2.45) is 0 Å². The lowest BCUT2D eigenvalue weighted by Crippen LogP contribution is -2.02. The second-order valence-corrected chi connectivity index (χ2v) is 13.4. The van der Waals surface area contributed by atoms with Crippen LogP contribution in [-0.2, 0) is 0 Å². The Labute approximate surface area is 291 Å². The molecule has 0 atom stereocenters. The Morgan fingerprint density at radius 3 is 1.74 bits per heavy atom. The Morgan fingerprint density at radius 1 is 0.400 bits per heavy atom. The minimum absolute atomic E-state index is 0.533. The van der Waals surface area contributed by atoms with Crippen LogP contribution in [0.5, 0.6) is 0 Å². The van der Waals surface area contributed by atoms with Crippen molar-refractivity contribution in [3.63, 3.8) is 0 Å². The minimum Gasteiger partial charge on any atom is -0.308 e. The lowest BCUT2D eigenvalue weighted by atomic mass is 10.0. The summed E-state index contributed by atoms with van der Waals surface area (Å²) in [7, 11) is 0. The third-order valence-corrected chi connectivity index (χ3v) is 10.5. The first-order valence-electron chi connectivity index (χ1n) is 16.6. The fourth-order valence-corrected chi connectivity index (χ4v) is 7.99. The smallest absolute Gasteiger partial charge is 0.182 e. The van der Waals surface area contributed by atoms with Gasteiger partial charge < -0.3 is 4.57 Å². The molecule has 234 valence electrons. The summed E-state index contributed by atoms with van der Waals surface area (Å²) in [5.41, 5.74) is 8.15. The molecule has 4 aromatic heterocycles. The normalized spacial score (nSPS) is 11.6. The van der Waals surface area contributed by atoms with Crippen LogP contribution in [0.15, 0.2) is 164 Å². The van der Waals surface area contributed by atoms with E-state index in [9.17, 15) is 0 Å². The molecule has 50 heavy (non-hydrogen) atoms. The van der Waals surface area contributed by atoms with E-state index in [1.165, 1.54) is 42.1 Å². The van der Waals surface area contributed by atoms with Gasteiger partial charge in [0.1, 0.15) is 5.69 Å². The van der Waals surface area contributed by atoms with Crippen LogP contribution in [0.1, 0.15) is 0 Å². The molecule has 6 aromatic carbocycles. The molecule has 10 rings (SSSR count). The monoisotopic (exact) mass is 657 g/mol. The maximum absolute atomic E-state index is 4.95. The zero-order chi connectivity index (χ0) is 33.0. The topological polar surface area (TPSA) is 56.5 Å². The molecule has 4 heterocycles. The number of pyridine rings is 1. The van der Waals surface area contributed by atoms with Crippen LogP contribution < -0.4 is 0 Å². The van der Waals surface area contributed by atoms with E-state index in [-0.39, 0.29) is 0 Å². The number of benzene rings is 6. The van der Waals surface area contributed by atoms with E-state index < -0.39 is 0 Å². The summed E-state index contributed by atoms with van der Waals surface area (Å²) in [6.45, 7) is 0. The van der Waals surface area contributed by atoms with E-state index in [0.717, 1.165) is 27.8 Å². The fraction of sp³-hybridized carbons (Fsp3) is 0. The molecular weight excluding hydrogens is 631 g/mol. The Kier molecular flexibility index (Phi) is 6.60. The molecule has 6 heteroatoms. The van der Waals surface area contributed by atoms with Crippen molar-refractivity contribution in [3.8, 4) is 51.1 Å². The van der Waals surface area contributed by atoms with Gasteiger partial charge in [-0.15, -0.1) is 11.3 Å². The molecule has 10 aromatic rings. The van der Waals surface area contributed by atoms with Gasteiger partial charge >= 0.3 is 0 Å². The van der Waals surface area contributed by atoms with Crippen LogP contribution in [0.4, 0.5) is 0 Å². The summed E-state index contributed by atoms with van der Waals surface area (Å²) in [6.07, 6.45) is 1.92. The van der Waals surface area contributed by atoms with Gasteiger partial charge in [0.25, 0.3) is 0 Å². The number of fused-ring (bicyclic) bond motifs is 6. The molecule has 0 amide bonds. The van der Waals surface area contributed by atoms with Crippen molar-refractivity contribution < 1.29 is 0 Å². The second-order valence-electron chi connectivity index (χ2n) is 12.3. The summed E-state index contributed by atoms with van der Waals surface area (Å²) in [5.74, 6) is 1.76. The molecule has 0 aliphatic carbocycles. The van der Waals surface area contributed by atoms with Gasteiger partial charge in [-0.2, -0.15) is 0 Å². The summed E-state index contributed by atoms with van der Waals surface area (Å²) >= 11 is 1.85. The van der Waals surface area contributed by atoms with Gasteiger partial charge in [-0.1, -0.05) is 115 Å². The molecule has 0 unspecified atom stereocenters. The lowest BCUT2D eigenvalue weighted by molar-refractivity contribution is 1.05. The number of hydrogen-bond donors (Lipinski definition) is 0. The van der Waals surface area contributed by atoms with E-state index in [1.807, 2.05) is 84.3 Å². The predicted octanol–water partition coefficient (Wildman–Crippen LogP) is 11.4. The van der Waals surface area contributed by atoms with Gasteiger partial charge in [0.15, 0.2) is 17.5 Å². The number of rotatable bonds is 5. The van der Waals surface area contributed by atoms with Gasteiger partial charge in [0, 0.05) is 42.1 Å². The van der Waals surface area contributed by atoms with E-state index in [2.05, 4.69) is 95.6 Å². The quantitative estimate of drug-likeness (QED) is 0.185. The minimum atomic E-state index is 0.533. The van der Waals surface area contributed by atoms with Gasteiger partial charge in [0.05, 0.1) is 22.9 Å². The van der Waals surface area contributed by atoms with Crippen molar-refractivity contribution >= 4 is 53.3 Å². The van der Waals surface area contributed by atoms with Crippen LogP contribution in [0.25, 0.3) is 93.1 Å². The molecule has 0 radical (unpaired) electrons. The first kappa shape index (κ1) is 28.5. The Bertz CT molecular complexity index is 2800. The average Bonchev–Trinajstić information content (AvgIpc) is 3.73. The van der Waals surface area contributed by atoms with E-state index in [0.29, 0.717) is 23.2 Å². The largest absolute Gasteiger partial charge is 0.308 e. The summed E-state index contributed by atoms with van der Waals surface area (Å²) < 4.78 is 4.93. The van der Waals surface area contributed by atoms with E-state index in [1.54, 1.807) is 0 Å². The molecule has 0 bridgehead atoms. The van der Waals surface area contributed by atoms with Crippen molar-refractivity contribution in [1.29, 1.82) is 0 Å². The molecule has 5 nitrogen and oxygen atoms in total.